The van der Waals surface area contributed by atoms with Gasteiger partial charge in [-0.2, -0.15) is 0 Å². The number of aromatic hydroxyl groups is 1. The lowest BCUT2D eigenvalue weighted by Gasteiger charge is -2.08. The van der Waals surface area contributed by atoms with Crippen LogP contribution in [0.4, 0.5) is 0 Å². The van der Waals surface area contributed by atoms with Crippen LogP contribution in [0.1, 0.15) is 11.1 Å². The van der Waals surface area contributed by atoms with Gasteiger partial charge in [-0.15, -0.1) is 0 Å². The molecule has 1 heterocycles. The highest BCUT2D eigenvalue weighted by molar-refractivity contribution is 5.94. The van der Waals surface area contributed by atoms with Crippen LogP contribution in [0.25, 0.3) is 11.0 Å². The summed E-state index contributed by atoms with van der Waals surface area (Å²) in [5.74, 6) is -1.40. The number of carboxylic acids is 1. The van der Waals surface area contributed by atoms with Crippen LogP contribution in [0.3, 0.4) is 0 Å². The van der Waals surface area contributed by atoms with E-state index in [-0.39, 0.29) is 23.3 Å². The van der Waals surface area contributed by atoms with Crippen molar-refractivity contribution in [2.75, 3.05) is 0 Å². The van der Waals surface area contributed by atoms with Crippen molar-refractivity contribution in [3.05, 3.63) is 76.1 Å². The van der Waals surface area contributed by atoms with Crippen LogP contribution in [0, 0.1) is 0 Å². The van der Waals surface area contributed by atoms with Crippen LogP contribution < -0.4 is 5.63 Å². The molecule has 3 aromatic rings. The lowest BCUT2D eigenvalue weighted by Crippen LogP contribution is -2.21. The molecule has 0 saturated carbocycles. The second-order valence-electron chi connectivity index (χ2n) is 5.47. The van der Waals surface area contributed by atoms with Gasteiger partial charge >= 0.3 is 11.6 Å². The molecule has 0 unspecified atom stereocenters. The third kappa shape index (κ3) is 3.58. The van der Waals surface area contributed by atoms with Crippen LogP contribution in [0.5, 0.6) is 5.75 Å². The Labute approximate surface area is 142 Å². The van der Waals surface area contributed by atoms with E-state index in [1.807, 2.05) is 18.2 Å². The molecule has 25 heavy (non-hydrogen) atoms. The van der Waals surface area contributed by atoms with Crippen molar-refractivity contribution in [1.29, 1.82) is 0 Å². The Morgan fingerprint density at radius 1 is 1.12 bits per heavy atom. The second-order valence-corrected chi connectivity index (χ2v) is 5.47. The fourth-order valence-electron chi connectivity index (χ4n) is 2.47. The van der Waals surface area contributed by atoms with E-state index in [2.05, 4.69) is 4.99 Å². The summed E-state index contributed by atoms with van der Waals surface area (Å²) in [4.78, 5) is 27.4. The van der Waals surface area contributed by atoms with Crippen molar-refractivity contribution in [1.82, 2.24) is 0 Å². The summed E-state index contributed by atoms with van der Waals surface area (Å²) in [6.45, 7) is 0. The first-order valence-corrected chi connectivity index (χ1v) is 7.61. The maximum absolute atomic E-state index is 12.0. The summed E-state index contributed by atoms with van der Waals surface area (Å²) in [5.41, 5.74) is 0.116. The normalized spacial score (nSPS) is 12.5. The first-order valence-electron chi connectivity index (χ1n) is 7.61. The molecule has 0 radical (unpaired) electrons. The summed E-state index contributed by atoms with van der Waals surface area (Å²) in [6, 6.07) is 14.5. The molecule has 0 aliphatic carbocycles. The van der Waals surface area contributed by atoms with E-state index in [0.717, 1.165) is 11.8 Å². The van der Waals surface area contributed by atoms with Crippen LogP contribution in [0.15, 0.2) is 68.8 Å². The Morgan fingerprint density at radius 3 is 2.52 bits per heavy atom. The van der Waals surface area contributed by atoms with Gasteiger partial charge in [0, 0.05) is 12.6 Å². The number of carboxylic acid groups (broad SMARTS) is 1. The summed E-state index contributed by atoms with van der Waals surface area (Å²) in [6.07, 6.45) is 1.24. The van der Waals surface area contributed by atoms with E-state index in [0.29, 0.717) is 5.39 Å². The van der Waals surface area contributed by atoms with Crippen molar-refractivity contribution in [2.24, 2.45) is 4.99 Å². The molecule has 6 nitrogen and oxygen atoms in total. The summed E-state index contributed by atoms with van der Waals surface area (Å²) in [5, 5.41) is 20.0. The zero-order valence-electron chi connectivity index (χ0n) is 13.1. The number of benzene rings is 2. The number of nitrogens with zero attached hydrogens (tertiary/aromatic N) is 1. The van der Waals surface area contributed by atoms with Gasteiger partial charge in [0.2, 0.25) is 0 Å². The number of hydrogen-bond acceptors (Lipinski definition) is 5. The molecule has 2 N–H and O–H groups in total. The topological polar surface area (TPSA) is 100 Å². The molecule has 0 fully saturated rings. The third-order valence-electron chi connectivity index (χ3n) is 3.76. The number of aliphatic imine (C=N–C) groups is 1. The SMILES string of the molecule is O=C(O)[C@@H](Cc1ccccc1)N=Cc1c(O)c2ccccc2oc1=O. The summed E-state index contributed by atoms with van der Waals surface area (Å²) < 4.78 is 5.13. The minimum Gasteiger partial charge on any atom is -0.506 e. The molecule has 6 heteroatoms. The van der Waals surface area contributed by atoms with E-state index in [1.165, 1.54) is 0 Å². The number of para-hydroxylation sites is 1. The Kier molecular flexibility index (Phi) is 4.61. The molecule has 0 aliphatic heterocycles. The first-order chi connectivity index (χ1) is 12.1. The number of hydrogen-bond donors (Lipinski definition) is 2. The Morgan fingerprint density at radius 2 is 1.80 bits per heavy atom. The molecule has 0 spiro atoms. The minimum atomic E-state index is -1.12. The van der Waals surface area contributed by atoms with Crippen LogP contribution in [-0.4, -0.2) is 28.4 Å². The molecular weight excluding hydrogens is 322 g/mol. The van der Waals surface area contributed by atoms with Crippen LogP contribution in [0.2, 0.25) is 0 Å². The van der Waals surface area contributed by atoms with Gasteiger partial charge in [-0.05, 0) is 17.7 Å². The van der Waals surface area contributed by atoms with Gasteiger partial charge in [-0.1, -0.05) is 42.5 Å². The third-order valence-corrected chi connectivity index (χ3v) is 3.76. The van der Waals surface area contributed by atoms with Crippen LogP contribution >= 0.6 is 0 Å². The zero-order valence-corrected chi connectivity index (χ0v) is 13.1. The van der Waals surface area contributed by atoms with Gasteiger partial charge in [0.1, 0.15) is 16.9 Å². The molecule has 2 aromatic carbocycles. The Balaban J connectivity index is 1.95. The van der Waals surface area contributed by atoms with Gasteiger partial charge in [0.25, 0.3) is 0 Å². The van der Waals surface area contributed by atoms with Crippen LogP contribution in [-0.2, 0) is 11.2 Å². The van der Waals surface area contributed by atoms with E-state index in [1.54, 1.807) is 36.4 Å². The zero-order chi connectivity index (χ0) is 17.8. The Bertz CT molecular complexity index is 992. The van der Waals surface area contributed by atoms with Gasteiger partial charge in [0.05, 0.1) is 5.39 Å². The highest BCUT2D eigenvalue weighted by Gasteiger charge is 2.18. The van der Waals surface area contributed by atoms with Crippen molar-refractivity contribution in [2.45, 2.75) is 12.5 Å². The molecular formula is C19H15NO5. The van der Waals surface area contributed by atoms with Gasteiger partial charge in [0.15, 0.2) is 6.04 Å². The number of rotatable bonds is 5. The quantitative estimate of drug-likeness (QED) is 0.550. The number of fused-ring (bicyclic) bond motifs is 1. The predicted octanol–water partition coefficient (Wildman–Crippen LogP) is 2.61. The predicted molar refractivity (Wildman–Crippen MR) is 93.3 cm³/mol. The first kappa shape index (κ1) is 16.4. The van der Waals surface area contributed by atoms with E-state index >= 15 is 0 Å². The highest BCUT2D eigenvalue weighted by atomic mass is 16.4. The smallest absolute Gasteiger partial charge is 0.348 e. The number of carbonyl (C=O) groups is 1. The lowest BCUT2D eigenvalue weighted by atomic mass is 10.1. The van der Waals surface area contributed by atoms with E-state index < -0.39 is 17.6 Å². The van der Waals surface area contributed by atoms with Gasteiger partial charge < -0.3 is 14.6 Å². The number of aliphatic carboxylic acids is 1. The standard InChI is InChI=1S/C19H15NO5/c21-17-13-8-4-5-9-16(13)25-19(24)14(17)11-20-15(18(22)23)10-12-6-2-1-3-7-12/h1-9,11,15,21H,10H2,(H,22,23)/t15-/m1/s1. The van der Waals surface area contributed by atoms with Crippen molar-refractivity contribution in [3.8, 4) is 5.75 Å². The molecule has 3 rings (SSSR count). The summed E-state index contributed by atoms with van der Waals surface area (Å²) in [7, 11) is 0. The molecule has 126 valence electrons. The van der Waals surface area contributed by atoms with Crippen molar-refractivity contribution in [3.63, 3.8) is 0 Å². The van der Waals surface area contributed by atoms with Gasteiger partial charge in [-0.3, -0.25) is 4.99 Å². The molecule has 1 atom stereocenters. The molecule has 0 saturated heterocycles. The fraction of sp³-hybridized carbons (Fsp3) is 0.105. The van der Waals surface area contributed by atoms with Gasteiger partial charge in [-0.25, -0.2) is 9.59 Å². The maximum atomic E-state index is 12.0. The lowest BCUT2D eigenvalue weighted by molar-refractivity contribution is -0.138. The maximum Gasteiger partial charge on any atom is 0.348 e. The highest BCUT2D eigenvalue weighted by Crippen LogP contribution is 2.25. The van der Waals surface area contributed by atoms with E-state index in [9.17, 15) is 19.8 Å². The second kappa shape index (κ2) is 7.00. The average molecular weight is 337 g/mol. The van der Waals surface area contributed by atoms with Crippen molar-refractivity contribution >= 4 is 23.2 Å². The Hall–Kier alpha value is -3.41. The molecule has 0 aliphatic rings. The molecule has 0 bridgehead atoms. The minimum absolute atomic E-state index is 0.169. The molecule has 1 aromatic heterocycles. The fourth-order valence-corrected chi connectivity index (χ4v) is 2.47. The van der Waals surface area contributed by atoms with Crippen molar-refractivity contribution < 1.29 is 19.4 Å². The van der Waals surface area contributed by atoms with E-state index in [4.69, 9.17) is 4.42 Å². The summed E-state index contributed by atoms with van der Waals surface area (Å²) >= 11 is 0. The molecule has 0 amide bonds. The average Bonchev–Trinajstić information content (AvgIpc) is 2.61. The monoisotopic (exact) mass is 337 g/mol. The largest absolute Gasteiger partial charge is 0.506 e.